The summed E-state index contributed by atoms with van der Waals surface area (Å²) in [5.74, 6) is 0.0917. The van der Waals surface area contributed by atoms with Gasteiger partial charge in [-0.15, -0.1) is 11.3 Å². The fraction of sp³-hybridized carbons (Fsp3) is 0.263. The highest BCUT2D eigenvalue weighted by atomic mass is 32.1. The molecule has 0 fully saturated rings. The molecule has 31 heavy (non-hydrogen) atoms. The Morgan fingerprint density at radius 1 is 1.29 bits per heavy atom. The minimum atomic E-state index is -0.621. The summed E-state index contributed by atoms with van der Waals surface area (Å²) in [7, 11) is 0. The van der Waals surface area contributed by atoms with Crippen LogP contribution in [0.2, 0.25) is 0 Å². The van der Waals surface area contributed by atoms with Crippen LogP contribution in [0.5, 0.6) is 0 Å². The van der Waals surface area contributed by atoms with E-state index in [1.807, 2.05) is 6.92 Å². The van der Waals surface area contributed by atoms with Gasteiger partial charge in [0.05, 0.1) is 16.9 Å². The van der Waals surface area contributed by atoms with E-state index < -0.39 is 10.8 Å². The molecule has 0 atom stereocenters. The first kappa shape index (κ1) is 20.5. The maximum absolute atomic E-state index is 12.7. The fourth-order valence-corrected chi connectivity index (χ4v) is 4.24. The molecule has 4 rings (SSSR count). The van der Waals surface area contributed by atoms with Crippen LogP contribution in [0, 0.1) is 37.8 Å². The minimum absolute atomic E-state index is 0.0149. The molecule has 0 spiro atoms. The quantitative estimate of drug-likeness (QED) is 0.370. The van der Waals surface area contributed by atoms with Crippen LogP contribution in [0.3, 0.4) is 0 Å². The van der Waals surface area contributed by atoms with Gasteiger partial charge < -0.3 is 4.42 Å². The molecule has 0 saturated carbocycles. The van der Waals surface area contributed by atoms with Crippen LogP contribution in [0.1, 0.15) is 38.4 Å². The van der Waals surface area contributed by atoms with E-state index in [1.165, 1.54) is 22.1 Å². The lowest BCUT2D eigenvalue weighted by molar-refractivity contribution is -0.386. The van der Waals surface area contributed by atoms with E-state index >= 15 is 0 Å². The van der Waals surface area contributed by atoms with Gasteiger partial charge in [-0.25, -0.2) is 9.66 Å². The summed E-state index contributed by atoms with van der Waals surface area (Å²) >= 11 is 1.41. The zero-order valence-electron chi connectivity index (χ0n) is 17.1. The third-order valence-electron chi connectivity index (χ3n) is 4.79. The summed E-state index contributed by atoms with van der Waals surface area (Å²) in [4.78, 5) is 42.0. The van der Waals surface area contributed by atoms with Gasteiger partial charge in [0, 0.05) is 4.88 Å². The monoisotopic (exact) mass is 442 g/mol. The first-order valence-electron chi connectivity index (χ1n) is 9.24. The van der Waals surface area contributed by atoms with Gasteiger partial charge in [-0.2, -0.15) is 5.10 Å². The van der Waals surface area contributed by atoms with Crippen molar-refractivity contribution in [2.75, 3.05) is 5.43 Å². The highest BCUT2D eigenvalue weighted by molar-refractivity contribution is 7.18. The van der Waals surface area contributed by atoms with Gasteiger partial charge >= 0.3 is 11.6 Å². The lowest BCUT2D eigenvalue weighted by atomic mass is 10.3. The molecule has 0 aliphatic heterocycles. The van der Waals surface area contributed by atoms with E-state index in [0.29, 0.717) is 33.2 Å². The number of fused-ring (bicyclic) bond motifs is 1. The van der Waals surface area contributed by atoms with E-state index in [4.69, 9.17) is 4.42 Å². The number of nitrogens with zero attached hydrogens (tertiary/aromatic N) is 5. The molecule has 4 aromatic rings. The molecule has 0 unspecified atom stereocenters. The minimum Gasteiger partial charge on any atom is -0.454 e. The van der Waals surface area contributed by atoms with E-state index in [-0.39, 0.29) is 23.6 Å². The van der Waals surface area contributed by atoms with Crippen molar-refractivity contribution in [3.63, 3.8) is 0 Å². The van der Waals surface area contributed by atoms with Gasteiger partial charge in [0.15, 0.2) is 5.76 Å². The lowest BCUT2D eigenvalue weighted by Gasteiger charge is -2.09. The zero-order valence-corrected chi connectivity index (χ0v) is 17.9. The number of amides is 1. The lowest BCUT2D eigenvalue weighted by Crippen LogP contribution is -2.35. The highest BCUT2D eigenvalue weighted by Crippen LogP contribution is 2.23. The molecule has 0 radical (unpaired) electrons. The van der Waals surface area contributed by atoms with Crippen molar-refractivity contribution in [1.82, 2.24) is 19.4 Å². The first-order valence-corrected chi connectivity index (χ1v) is 10.1. The van der Waals surface area contributed by atoms with Crippen molar-refractivity contribution in [3.05, 3.63) is 72.3 Å². The molecule has 4 aromatic heterocycles. The Morgan fingerprint density at radius 3 is 2.71 bits per heavy atom. The van der Waals surface area contributed by atoms with Crippen LogP contribution >= 0.6 is 11.3 Å². The van der Waals surface area contributed by atoms with Crippen molar-refractivity contribution >= 4 is 33.1 Å². The van der Waals surface area contributed by atoms with Crippen molar-refractivity contribution in [1.29, 1.82) is 0 Å². The standard InChI is InChI=1S/C19H18N6O5S/c1-9-7-14-18(31-9)20-12(4)24(19(14)27)22-17(26)15-6-5-13(30-15)8-23-11(3)16(25(28)29)10(2)21-23/h5-7H,8H2,1-4H3,(H,22,26). The molecule has 4 heterocycles. The molecule has 160 valence electrons. The average Bonchev–Trinajstić information content (AvgIpc) is 3.37. The Kier molecular flexibility index (Phi) is 4.93. The number of thiophene rings is 1. The Balaban J connectivity index is 1.57. The zero-order chi connectivity index (χ0) is 22.4. The molecule has 0 aromatic carbocycles. The second-order valence-corrected chi connectivity index (χ2v) is 8.25. The van der Waals surface area contributed by atoms with Crippen LogP contribution < -0.4 is 11.0 Å². The highest BCUT2D eigenvalue weighted by Gasteiger charge is 2.23. The fourth-order valence-electron chi connectivity index (χ4n) is 3.33. The maximum atomic E-state index is 12.7. The molecule has 0 aliphatic carbocycles. The molecule has 1 N–H and O–H groups in total. The molecular formula is C19H18N6O5S. The molecule has 1 amide bonds. The summed E-state index contributed by atoms with van der Waals surface area (Å²) in [6, 6.07) is 4.78. The molecule has 11 nitrogen and oxygen atoms in total. The predicted molar refractivity (Wildman–Crippen MR) is 113 cm³/mol. The average molecular weight is 442 g/mol. The van der Waals surface area contributed by atoms with Crippen molar-refractivity contribution < 1.29 is 14.1 Å². The van der Waals surface area contributed by atoms with Crippen LogP contribution in [-0.2, 0) is 6.54 Å². The number of aryl methyl sites for hydroxylation is 3. The van der Waals surface area contributed by atoms with Crippen LogP contribution in [0.15, 0.2) is 27.4 Å². The summed E-state index contributed by atoms with van der Waals surface area (Å²) in [6.07, 6.45) is 0. The van der Waals surface area contributed by atoms with Crippen LogP contribution in [-0.4, -0.2) is 30.3 Å². The Hall–Kier alpha value is -3.80. The van der Waals surface area contributed by atoms with Crippen molar-refractivity contribution in [2.24, 2.45) is 0 Å². The Morgan fingerprint density at radius 2 is 2.03 bits per heavy atom. The molecule has 0 bridgehead atoms. The van der Waals surface area contributed by atoms with Gasteiger partial charge in [-0.05, 0) is 45.9 Å². The smallest absolute Gasteiger partial charge is 0.312 e. The van der Waals surface area contributed by atoms with Crippen molar-refractivity contribution in [2.45, 2.75) is 34.2 Å². The number of carbonyl (C=O) groups is 1. The molecular weight excluding hydrogens is 424 g/mol. The summed E-state index contributed by atoms with van der Waals surface area (Å²) < 4.78 is 8.11. The number of carbonyl (C=O) groups excluding carboxylic acids is 1. The third kappa shape index (κ3) is 3.61. The Bertz CT molecular complexity index is 1410. The molecule has 0 saturated heterocycles. The van der Waals surface area contributed by atoms with Gasteiger partial charge in [0.2, 0.25) is 0 Å². The summed E-state index contributed by atoms with van der Waals surface area (Å²) in [6.45, 7) is 6.78. The van der Waals surface area contributed by atoms with Gasteiger partial charge in [0.1, 0.15) is 27.8 Å². The maximum Gasteiger partial charge on any atom is 0.312 e. The number of nitro groups is 1. The number of hydrogen-bond acceptors (Lipinski definition) is 8. The number of rotatable bonds is 5. The van der Waals surface area contributed by atoms with E-state index in [2.05, 4.69) is 15.5 Å². The van der Waals surface area contributed by atoms with E-state index in [9.17, 15) is 19.7 Å². The van der Waals surface area contributed by atoms with Gasteiger partial charge in [0.25, 0.3) is 5.56 Å². The number of hydrogen-bond donors (Lipinski definition) is 1. The van der Waals surface area contributed by atoms with Gasteiger partial charge in [-0.3, -0.25) is 29.8 Å². The largest absolute Gasteiger partial charge is 0.454 e. The summed E-state index contributed by atoms with van der Waals surface area (Å²) in [5.41, 5.74) is 2.78. The summed E-state index contributed by atoms with van der Waals surface area (Å²) in [5, 5.41) is 15.8. The first-order chi connectivity index (χ1) is 14.7. The molecule has 0 aliphatic rings. The third-order valence-corrected chi connectivity index (χ3v) is 5.73. The Labute approximate surface area is 179 Å². The van der Waals surface area contributed by atoms with E-state index in [1.54, 1.807) is 32.9 Å². The second kappa shape index (κ2) is 7.47. The van der Waals surface area contributed by atoms with Crippen molar-refractivity contribution in [3.8, 4) is 0 Å². The number of furan rings is 1. The van der Waals surface area contributed by atoms with Crippen LogP contribution in [0.4, 0.5) is 5.69 Å². The number of nitrogens with one attached hydrogen (secondary N) is 1. The topological polar surface area (TPSA) is 138 Å². The number of aromatic nitrogens is 4. The predicted octanol–water partition coefficient (Wildman–Crippen LogP) is 2.82. The molecule has 12 heteroatoms. The second-order valence-electron chi connectivity index (χ2n) is 7.02. The van der Waals surface area contributed by atoms with Gasteiger partial charge in [-0.1, -0.05) is 0 Å². The SMILES string of the molecule is Cc1cc2c(=O)n(NC(=O)c3ccc(Cn4nc(C)c([N+](=O)[O-])c4C)o3)c(C)nc2s1. The van der Waals surface area contributed by atoms with E-state index in [0.717, 1.165) is 9.55 Å². The normalized spacial score (nSPS) is 11.2. The van der Waals surface area contributed by atoms with Crippen LogP contribution in [0.25, 0.3) is 10.2 Å².